The molecule has 0 aromatic heterocycles. The number of carbonyl (C=O) groups excluding carboxylic acids is 3. The van der Waals surface area contributed by atoms with E-state index in [0.29, 0.717) is 6.41 Å². The molecule has 1 atom stereocenters. The van der Waals surface area contributed by atoms with Crippen LogP contribution in [0.25, 0.3) is 0 Å². The van der Waals surface area contributed by atoms with Crippen molar-refractivity contribution in [3.63, 3.8) is 0 Å². The van der Waals surface area contributed by atoms with Crippen molar-refractivity contribution in [3.8, 4) is 0 Å². The molecule has 0 spiro atoms. The summed E-state index contributed by atoms with van der Waals surface area (Å²) in [4.78, 5) is 38.7. The number of benzene rings is 2. The van der Waals surface area contributed by atoms with Gasteiger partial charge in [-0.05, 0) is 11.1 Å². The molecule has 4 amide bonds. The van der Waals surface area contributed by atoms with E-state index in [1.54, 1.807) is 0 Å². The lowest BCUT2D eigenvalue weighted by atomic mass is 10.1. The van der Waals surface area contributed by atoms with Crippen LogP contribution in [0.3, 0.4) is 0 Å². The Morgan fingerprint density at radius 1 is 0.885 bits per heavy atom. The Morgan fingerprint density at radius 2 is 1.38 bits per heavy atom. The van der Waals surface area contributed by atoms with Crippen molar-refractivity contribution in [1.82, 2.24) is 15.1 Å². The SMILES string of the molecule is N=C1C(NC=O)C(=O)N(Cc2ccccc2)C(=O)N1Cc1ccccc1. The van der Waals surface area contributed by atoms with Crippen molar-refractivity contribution in [1.29, 1.82) is 5.41 Å². The molecule has 26 heavy (non-hydrogen) atoms. The third-order valence-electron chi connectivity index (χ3n) is 4.14. The summed E-state index contributed by atoms with van der Waals surface area (Å²) in [6, 6.07) is 16.5. The molecule has 2 aromatic rings. The lowest BCUT2D eigenvalue weighted by Gasteiger charge is -2.38. The predicted octanol–water partition coefficient (Wildman–Crippen LogP) is 1.74. The summed E-state index contributed by atoms with van der Waals surface area (Å²) < 4.78 is 0. The molecule has 0 bridgehead atoms. The minimum atomic E-state index is -1.18. The fraction of sp³-hybridized carbons (Fsp3) is 0.158. The Bertz CT molecular complexity index is 760. The third kappa shape index (κ3) is 3.46. The molecule has 3 rings (SSSR count). The van der Waals surface area contributed by atoms with Crippen LogP contribution in [0.1, 0.15) is 11.1 Å². The maximum absolute atomic E-state index is 12.9. The van der Waals surface area contributed by atoms with Crippen LogP contribution < -0.4 is 5.32 Å². The van der Waals surface area contributed by atoms with Crippen molar-refractivity contribution in [2.75, 3.05) is 0 Å². The van der Waals surface area contributed by atoms with Gasteiger partial charge >= 0.3 is 6.03 Å². The van der Waals surface area contributed by atoms with Crippen LogP contribution in [0.2, 0.25) is 0 Å². The summed E-state index contributed by atoms with van der Waals surface area (Å²) >= 11 is 0. The maximum atomic E-state index is 12.9. The number of rotatable bonds is 6. The van der Waals surface area contributed by atoms with Crippen LogP contribution in [0.4, 0.5) is 4.79 Å². The first-order valence-electron chi connectivity index (χ1n) is 8.10. The van der Waals surface area contributed by atoms with Crippen LogP contribution in [0.15, 0.2) is 60.7 Å². The molecule has 1 fully saturated rings. The first-order chi connectivity index (χ1) is 12.6. The van der Waals surface area contributed by atoms with E-state index in [1.807, 2.05) is 60.7 Å². The minimum absolute atomic E-state index is 0.0775. The zero-order valence-corrected chi connectivity index (χ0v) is 14.0. The topological polar surface area (TPSA) is 93.6 Å². The maximum Gasteiger partial charge on any atom is 0.332 e. The van der Waals surface area contributed by atoms with Crippen LogP contribution in [0.5, 0.6) is 0 Å². The second-order valence-electron chi connectivity index (χ2n) is 5.87. The van der Waals surface area contributed by atoms with Crippen molar-refractivity contribution in [3.05, 3.63) is 71.8 Å². The molecular weight excluding hydrogens is 332 g/mol. The quantitative estimate of drug-likeness (QED) is 0.777. The normalized spacial score (nSPS) is 17.4. The van der Waals surface area contributed by atoms with E-state index in [0.717, 1.165) is 16.0 Å². The van der Waals surface area contributed by atoms with E-state index in [9.17, 15) is 14.4 Å². The molecule has 2 N–H and O–H groups in total. The number of nitrogens with zero attached hydrogens (tertiary/aromatic N) is 2. The Kier molecular flexibility index (Phi) is 5.07. The van der Waals surface area contributed by atoms with Gasteiger partial charge in [-0.2, -0.15) is 0 Å². The summed E-state index contributed by atoms with van der Waals surface area (Å²) in [6.45, 7) is 0.224. The average Bonchev–Trinajstić information content (AvgIpc) is 2.67. The molecule has 1 aliphatic rings. The Balaban J connectivity index is 1.90. The van der Waals surface area contributed by atoms with E-state index in [4.69, 9.17) is 5.41 Å². The van der Waals surface area contributed by atoms with E-state index in [1.165, 1.54) is 4.90 Å². The zero-order valence-electron chi connectivity index (χ0n) is 14.0. The molecule has 2 aromatic carbocycles. The largest absolute Gasteiger partial charge is 0.341 e. The number of nitrogens with one attached hydrogen (secondary N) is 2. The molecule has 1 aliphatic heterocycles. The van der Waals surface area contributed by atoms with Gasteiger partial charge in [-0.3, -0.25) is 24.8 Å². The first kappa shape index (κ1) is 17.3. The third-order valence-corrected chi connectivity index (χ3v) is 4.14. The van der Waals surface area contributed by atoms with Gasteiger partial charge < -0.3 is 5.32 Å². The first-order valence-corrected chi connectivity index (χ1v) is 8.10. The van der Waals surface area contributed by atoms with Gasteiger partial charge in [0.25, 0.3) is 5.91 Å². The van der Waals surface area contributed by atoms with Gasteiger partial charge in [0, 0.05) is 0 Å². The second-order valence-corrected chi connectivity index (χ2v) is 5.87. The van der Waals surface area contributed by atoms with Gasteiger partial charge in [0.05, 0.1) is 13.1 Å². The monoisotopic (exact) mass is 350 g/mol. The molecule has 1 heterocycles. The van der Waals surface area contributed by atoms with Gasteiger partial charge in [-0.1, -0.05) is 60.7 Å². The van der Waals surface area contributed by atoms with E-state index < -0.39 is 18.0 Å². The average molecular weight is 350 g/mol. The number of amidine groups is 1. The molecule has 132 valence electrons. The van der Waals surface area contributed by atoms with E-state index in [2.05, 4.69) is 5.32 Å². The number of amides is 4. The number of hydrogen-bond donors (Lipinski definition) is 2. The fourth-order valence-electron chi connectivity index (χ4n) is 2.82. The lowest BCUT2D eigenvalue weighted by molar-refractivity contribution is -0.132. The molecule has 1 unspecified atom stereocenters. The second kappa shape index (κ2) is 7.60. The molecular formula is C19H18N4O3. The summed E-state index contributed by atoms with van der Waals surface area (Å²) in [5.41, 5.74) is 1.61. The minimum Gasteiger partial charge on any atom is -0.341 e. The Morgan fingerprint density at radius 3 is 1.88 bits per heavy atom. The van der Waals surface area contributed by atoms with Crippen molar-refractivity contribution in [2.24, 2.45) is 0 Å². The van der Waals surface area contributed by atoms with Gasteiger partial charge in [-0.25, -0.2) is 4.79 Å². The number of urea groups is 1. The highest BCUT2D eigenvalue weighted by atomic mass is 16.2. The number of hydrogen-bond acceptors (Lipinski definition) is 4. The molecule has 0 aliphatic carbocycles. The molecule has 7 nitrogen and oxygen atoms in total. The molecule has 1 saturated heterocycles. The molecule has 0 radical (unpaired) electrons. The van der Waals surface area contributed by atoms with Crippen molar-refractivity contribution in [2.45, 2.75) is 19.1 Å². The predicted molar refractivity (Wildman–Crippen MR) is 95.1 cm³/mol. The summed E-state index contributed by atoms with van der Waals surface area (Å²) in [5.74, 6) is -0.847. The Hall–Kier alpha value is -3.48. The molecule has 0 saturated carbocycles. The van der Waals surface area contributed by atoms with Crippen LogP contribution in [0, 0.1) is 5.41 Å². The highest BCUT2D eigenvalue weighted by Crippen LogP contribution is 2.19. The highest BCUT2D eigenvalue weighted by Gasteiger charge is 2.43. The lowest BCUT2D eigenvalue weighted by Crippen LogP contribution is -2.65. The Labute approximate surface area is 150 Å². The smallest absolute Gasteiger partial charge is 0.332 e. The van der Waals surface area contributed by atoms with Gasteiger partial charge in [-0.15, -0.1) is 0 Å². The number of carbonyl (C=O) groups is 3. The van der Waals surface area contributed by atoms with Crippen LogP contribution >= 0.6 is 0 Å². The standard InChI is InChI=1S/C19H18N4O3/c20-17-16(21-13-24)18(25)23(12-15-9-5-2-6-10-15)19(26)22(17)11-14-7-3-1-4-8-14/h1-10,13,16,20H,11-12H2,(H,21,24). The van der Waals surface area contributed by atoms with Gasteiger partial charge in [0.15, 0.2) is 6.04 Å². The highest BCUT2D eigenvalue weighted by molar-refractivity contribution is 6.20. The summed E-state index contributed by atoms with van der Waals surface area (Å²) in [7, 11) is 0. The van der Waals surface area contributed by atoms with Gasteiger partial charge in [0.1, 0.15) is 5.84 Å². The summed E-state index contributed by atoms with van der Waals surface area (Å²) in [5, 5.41) is 10.6. The number of imide groups is 1. The van der Waals surface area contributed by atoms with Crippen LogP contribution in [-0.2, 0) is 22.7 Å². The van der Waals surface area contributed by atoms with Crippen LogP contribution in [-0.4, -0.2) is 40.0 Å². The fourth-order valence-corrected chi connectivity index (χ4v) is 2.82. The summed E-state index contributed by atoms with van der Waals surface area (Å²) in [6.07, 6.45) is 0.369. The van der Waals surface area contributed by atoms with Gasteiger partial charge in [0.2, 0.25) is 6.41 Å². The zero-order chi connectivity index (χ0) is 18.5. The van der Waals surface area contributed by atoms with E-state index in [-0.39, 0.29) is 18.9 Å². The van der Waals surface area contributed by atoms with E-state index >= 15 is 0 Å². The van der Waals surface area contributed by atoms with Crippen molar-refractivity contribution >= 4 is 24.2 Å². The molecule has 7 heteroatoms. The van der Waals surface area contributed by atoms with Crippen molar-refractivity contribution < 1.29 is 14.4 Å².